The smallest absolute Gasteiger partial charge is 0.271 e. The number of amides is 1. The van der Waals surface area contributed by atoms with Gasteiger partial charge in [-0.1, -0.05) is 41.9 Å². The van der Waals surface area contributed by atoms with Crippen LogP contribution in [0, 0.1) is 0 Å². The molecule has 0 aliphatic heterocycles. The van der Waals surface area contributed by atoms with Gasteiger partial charge >= 0.3 is 12.4 Å². The fourth-order valence-electron chi connectivity index (χ4n) is 3.04. The lowest BCUT2D eigenvalue weighted by molar-refractivity contribution is -0.138. The molecular formula is C23H16ClF6N3O3S. The first-order valence-corrected chi connectivity index (χ1v) is 11.9. The summed E-state index contributed by atoms with van der Waals surface area (Å²) in [5.74, 6) is -1.10. The van der Waals surface area contributed by atoms with Crippen LogP contribution in [0.1, 0.15) is 16.7 Å². The van der Waals surface area contributed by atoms with Crippen molar-refractivity contribution in [2.75, 3.05) is 10.8 Å². The van der Waals surface area contributed by atoms with Crippen LogP contribution in [0.4, 0.5) is 32.0 Å². The summed E-state index contributed by atoms with van der Waals surface area (Å²) in [5.41, 5.74) is -0.843. The van der Waals surface area contributed by atoms with Gasteiger partial charge in [0.25, 0.3) is 15.9 Å². The Hall–Kier alpha value is -3.58. The molecule has 3 rings (SSSR count). The molecule has 0 radical (unpaired) electrons. The van der Waals surface area contributed by atoms with Crippen LogP contribution in [0.15, 0.2) is 82.8 Å². The highest BCUT2D eigenvalue weighted by Gasteiger charge is 2.34. The van der Waals surface area contributed by atoms with Crippen molar-refractivity contribution in [2.45, 2.75) is 17.2 Å². The van der Waals surface area contributed by atoms with Crippen LogP contribution in [-0.2, 0) is 27.2 Å². The second kappa shape index (κ2) is 10.8. The number of anilines is 1. The minimum atomic E-state index is -4.83. The molecule has 1 N–H and O–H groups in total. The first kappa shape index (κ1) is 28.0. The van der Waals surface area contributed by atoms with Crippen LogP contribution in [0.25, 0.3) is 0 Å². The topological polar surface area (TPSA) is 78.8 Å². The number of hydrazone groups is 1. The number of hydrogen-bond donors (Lipinski definition) is 1. The van der Waals surface area contributed by atoms with Crippen molar-refractivity contribution in [3.63, 3.8) is 0 Å². The van der Waals surface area contributed by atoms with Crippen LogP contribution in [0.5, 0.6) is 0 Å². The highest BCUT2D eigenvalue weighted by atomic mass is 35.5. The molecule has 0 unspecified atom stereocenters. The number of sulfonamides is 1. The Morgan fingerprint density at radius 2 is 1.51 bits per heavy atom. The van der Waals surface area contributed by atoms with Gasteiger partial charge in [-0.25, -0.2) is 13.8 Å². The average Bonchev–Trinajstić information content (AvgIpc) is 2.82. The monoisotopic (exact) mass is 563 g/mol. The van der Waals surface area contributed by atoms with Gasteiger partial charge in [0.1, 0.15) is 6.54 Å². The summed E-state index contributed by atoms with van der Waals surface area (Å²) in [4.78, 5) is 12.2. The molecule has 0 aromatic heterocycles. The number of halogens is 7. The highest BCUT2D eigenvalue weighted by Crippen LogP contribution is 2.37. The van der Waals surface area contributed by atoms with Crippen molar-refractivity contribution in [3.05, 3.63) is 94.5 Å². The van der Waals surface area contributed by atoms with E-state index in [-0.39, 0.29) is 15.5 Å². The van der Waals surface area contributed by atoms with E-state index in [9.17, 15) is 39.6 Å². The van der Waals surface area contributed by atoms with E-state index in [1.54, 1.807) is 0 Å². The SMILES string of the molecule is O=C(CN(c1cc(C(F)(F)F)ccc1Cl)S(=O)(=O)c1ccccc1)N/N=C/c1cccc(C(F)(F)F)c1. The molecule has 3 aromatic carbocycles. The number of carbonyl (C=O) groups excluding carboxylic acids is 1. The van der Waals surface area contributed by atoms with E-state index >= 15 is 0 Å². The lowest BCUT2D eigenvalue weighted by Crippen LogP contribution is -2.40. The second-order valence-corrected chi connectivity index (χ2v) is 9.67. The Labute approximate surface area is 212 Å². The van der Waals surface area contributed by atoms with E-state index in [2.05, 4.69) is 5.10 Å². The van der Waals surface area contributed by atoms with Crippen LogP contribution >= 0.6 is 11.6 Å². The number of nitrogens with one attached hydrogen (secondary N) is 1. The molecule has 6 nitrogen and oxygen atoms in total. The molecule has 0 fully saturated rings. The summed E-state index contributed by atoms with van der Waals surface area (Å²) in [6, 6.07) is 12.6. The van der Waals surface area contributed by atoms with E-state index < -0.39 is 51.6 Å². The van der Waals surface area contributed by atoms with Gasteiger partial charge in [0, 0.05) is 0 Å². The zero-order valence-corrected chi connectivity index (χ0v) is 20.0. The predicted molar refractivity (Wildman–Crippen MR) is 125 cm³/mol. The number of carbonyl (C=O) groups is 1. The van der Waals surface area contributed by atoms with Crippen molar-refractivity contribution >= 4 is 39.4 Å². The predicted octanol–water partition coefficient (Wildman–Crippen LogP) is 5.72. The molecule has 3 aromatic rings. The van der Waals surface area contributed by atoms with Gasteiger partial charge in [-0.2, -0.15) is 31.4 Å². The van der Waals surface area contributed by atoms with Crippen LogP contribution in [0.2, 0.25) is 5.02 Å². The largest absolute Gasteiger partial charge is 0.416 e. The summed E-state index contributed by atoms with van der Waals surface area (Å²) < 4.78 is 105. The third kappa shape index (κ3) is 7.01. The first-order chi connectivity index (χ1) is 17.2. The van der Waals surface area contributed by atoms with E-state index in [1.807, 2.05) is 5.43 Å². The minimum Gasteiger partial charge on any atom is -0.271 e. The molecule has 0 atom stereocenters. The van der Waals surface area contributed by atoms with Gasteiger partial charge < -0.3 is 0 Å². The molecule has 0 heterocycles. The van der Waals surface area contributed by atoms with Gasteiger partial charge in [0.15, 0.2) is 0 Å². The third-order valence-corrected chi connectivity index (χ3v) is 6.87. The zero-order valence-electron chi connectivity index (χ0n) is 18.4. The molecule has 0 aliphatic carbocycles. The number of benzene rings is 3. The summed E-state index contributed by atoms with van der Waals surface area (Å²) >= 11 is 6.03. The Bertz CT molecular complexity index is 1410. The van der Waals surface area contributed by atoms with Crippen molar-refractivity contribution < 1.29 is 39.6 Å². The molecule has 37 heavy (non-hydrogen) atoms. The van der Waals surface area contributed by atoms with Crippen molar-refractivity contribution in [2.24, 2.45) is 5.10 Å². The number of rotatable bonds is 7. The molecule has 0 bridgehead atoms. The number of nitrogens with zero attached hydrogens (tertiary/aromatic N) is 2. The summed E-state index contributed by atoms with van der Waals surface area (Å²) in [6.07, 6.45) is -8.55. The normalized spacial score (nSPS) is 12.5. The number of alkyl halides is 6. The van der Waals surface area contributed by atoms with E-state index in [0.717, 1.165) is 30.5 Å². The Morgan fingerprint density at radius 1 is 0.892 bits per heavy atom. The molecule has 196 valence electrons. The van der Waals surface area contributed by atoms with Gasteiger partial charge in [-0.15, -0.1) is 0 Å². The fraction of sp³-hybridized carbons (Fsp3) is 0.130. The third-order valence-electron chi connectivity index (χ3n) is 4.78. The van der Waals surface area contributed by atoms with Crippen molar-refractivity contribution in [1.82, 2.24) is 5.43 Å². The van der Waals surface area contributed by atoms with E-state index in [4.69, 9.17) is 11.6 Å². The van der Waals surface area contributed by atoms with Gasteiger partial charge in [-0.05, 0) is 48.0 Å². The maximum Gasteiger partial charge on any atom is 0.416 e. The molecule has 0 saturated heterocycles. The molecule has 0 spiro atoms. The maximum atomic E-state index is 13.3. The van der Waals surface area contributed by atoms with Crippen LogP contribution in [0.3, 0.4) is 0 Å². The Balaban J connectivity index is 1.92. The number of hydrogen-bond acceptors (Lipinski definition) is 4. The average molecular weight is 564 g/mol. The first-order valence-electron chi connectivity index (χ1n) is 10.1. The lowest BCUT2D eigenvalue weighted by atomic mass is 10.1. The molecule has 1 amide bonds. The second-order valence-electron chi connectivity index (χ2n) is 7.41. The quantitative estimate of drug-likeness (QED) is 0.227. The van der Waals surface area contributed by atoms with Crippen LogP contribution < -0.4 is 9.73 Å². The van der Waals surface area contributed by atoms with Gasteiger partial charge in [0.05, 0.1) is 32.9 Å². The fourth-order valence-corrected chi connectivity index (χ4v) is 4.76. The Kier molecular flexibility index (Phi) is 8.18. The van der Waals surface area contributed by atoms with Gasteiger partial charge in [0.2, 0.25) is 0 Å². The standard InChI is InChI=1S/C23H16ClF6N3O3S/c24-19-10-9-17(23(28,29)30)12-20(19)33(37(35,36)18-7-2-1-3-8-18)14-21(34)32-31-13-15-5-4-6-16(11-15)22(25,26)27/h1-13H,14H2,(H,32,34)/b31-13+. The maximum absolute atomic E-state index is 13.3. The Morgan fingerprint density at radius 3 is 2.14 bits per heavy atom. The molecule has 14 heteroatoms. The van der Waals surface area contributed by atoms with E-state index in [1.165, 1.54) is 36.4 Å². The molecule has 0 aliphatic rings. The summed E-state index contributed by atoms with van der Waals surface area (Å²) in [5, 5.41) is 3.14. The highest BCUT2D eigenvalue weighted by molar-refractivity contribution is 7.92. The lowest BCUT2D eigenvalue weighted by Gasteiger charge is -2.25. The van der Waals surface area contributed by atoms with Crippen molar-refractivity contribution in [3.8, 4) is 0 Å². The summed E-state index contributed by atoms with van der Waals surface area (Å²) in [6.45, 7) is -1.04. The molecule has 0 saturated carbocycles. The summed E-state index contributed by atoms with van der Waals surface area (Å²) in [7, 11) is -4.59. The zero-order chi connectivity index (χ0) is 27.4. The van der Waals surface area contributed by atoms with E-state index in [0.29, 0.717) is 16.4 Å². The van der Waals surface area contributed by atoms with Crippen molar-refractivity contribution in [1.29, 1.82) is 0 Å². The van der Waals surface area contributed by atoms with Gasteiger partial charge in [-0.3, -0.25) is 9.10 Å². The minimum absolute atomic E-state index is 0.0233. The van der Waals surface area contributed by atoms with Crippen LogP contribution in [-0.4, -0.2) is 27.1 Å². The molecular weight excluding hydrogens is 548 g/mol.